The van der Waals surface area contributed by atoms with Crippen LogP contribution >= 0.6 is 0 Å². The van der Waals surface area contributed by atoms with Crippen molar-refractivity contribution in [3.05, 3.63) is 60.8 Å². The molecule has 0 fully saturated rings. The third-order valence-corrected chi connectivity index (χ3v) is 4.79. The number of ether oxygens (including phenoxy) is 1. The van der Waals surface area contributed by atoms with Crippen LogP contribution < -0.4 is 10.1 Å². The summed E-state index contributed by atoms with van der Waals surface area (Å²) in [6.45, 7) is 1.64. The van der Waals surface area contributed by atoms with Crippen molar-refractivity contribution in [2.45, 2.75) is 18.1 Å². The van der Waals surface area contributed by atoms with Crippen molar-refractivity contribution in [3.8, 4) is 5.75 Å². The third-order valence-electron chi connectivity index (χ3n) is 3.79. The van der Waals surface area contributed by atoms with E-state index in [4.69, 9.17) is 4.74 Å². The van der Waals surface area contributed by atoms with Crippen LogP contribution in [0, 0.1) is 0 Å². The molecule has 0 saturated carbocycles. The molecule has 0 aliphatic carbocycles. The van der Waals surface area contributed by atoms with Gasteiger partial charge in [-0.25, -0.2) is 13.4 Å². The highest BCUT2D eigenvalue weighted by atomic mass is 32.2. The summed E-state index contributed by atoms with van der Waals surface area (Å²) in [5.74, 6) is 0.240. The van der Waals surface area contributed by atoms with Crippen LogP contribution in [0.3, 0.4) is 0 Å². The lowest BCUT2D eigenvalue weighted by Gasteiger charge is -2.15. The SMILES string of the molecule is C[C@H](Oc1ccc2ccccc2c1)C(=O)Nc1ccc(S(C)(=O)=O)nc1. The summed E-state index contributed by atoms with van der Waals surface area (Å²) in [6, 6.07) is 16.3. The Bertz CT molecular complexity index is 1050. The topological polar surface area (TPSA) is 85.4 Å². The first-order valence-corrected chi connectivity index (χ1v) is 9.84. The smallest absolute Gasteiger partial charge is 0.265 e. The number of anilines is 1. The molecule has 3 aromatic rings. The number of nitrogens with one attached hydrogen (secondary N) is 1. The first-order chi connectivity index (χ1) is 12.3. The van der Waals surface area contributed by atoms with Gasteiger partial charge < -0.3 is 10.1 Å². The molecule has 0 unspecified atom stereocenters. The Hall–Kier alpha value is -2.93. The molecule has 0 aliphatic rings. The highest BCUT2D eigenvalue weighted by Gasteiger charge is 2.16. The predicted molar refractivity (Wildman–Crippen MR) is 100 cm³/mol. The van der Waals surface area contributed by atoms with Crippen LogP contribution in [-0.4, -0.2) is 31.7 Å². The highest BCUT2D eigenvalue weighted by Crippen LogP contribution is 2.21. The van der Waals surface area contributed by atoms with Gasteiger partial charge in [0, 0.05) is 6.26 Å². The second-order valence-corrected chi connectivity index (χ2v) is 7.88. The van der Waals surface area contributed by atoms with Crippen LogP contribution in [-0.2, 0) is 14.6 Å². The molecule has 0 radical (unpaired) electrons. The second kappa shape index (κ2) is 7.13. The van der Waals surface area contributed by atoms with Gasteiger partial charge in [-0.3, -0.25) is 4.79 Å². The maximum absolute atomic E-state index is 12.3. The first-order valence-electron chi connectivity index (χ1n) is 7.95. The zero-order valence-electron chi connectivity index (χ0n) is 14.3. The van der Waals surface area contributed by atoms with Crippen molar-refractivity contribution in [3.63, 3.8) is 0 Å². The molecule has 6 nitrogen and oxygen atoms in total. The van der Waals surface area contributed by atoms with Gasteiger partial charge in [0.2, 0.25) is 0 Å². The monoisotopic (exact) mass is 370 g/mol. The molecule has 0 spiro atoms. The minimum absolute atomic E-state index is 0.0454. The van der Waals surface area contributed by atoms with Gasteiger partial charge in [-0.15, -0.1) is 0 Å². The molecule has 2 aromatic carbocycles. The Labute approximate surface area is 151 Å². The van der Waals surface area contributed by atoms with Crippen molar-refractivity contribution in [2.24, 2.45) is 0 Å². The fourth-order valence-electron chi connectivity index (χ4n) is 2.42. The Kier molecular flexibility index (Phi) is 4.90. The van der Waals surface area contributed by atoms with Gasteiger partial charge in [0.25, 0.3) is 5.91 Å². The Morgan fingerprint density at radius 2 is 1.81 bits per heavy atom. The Morgan fingerprint density at radius 1 is 1.08 bits per heavy atom. The lowest BCUT2D eigenvalue weighted by Crippen LogP contribution is -2.30. The lowest BCUT2D eigenvalue weighted by atomic mass is 10.1. The molecular weight excluding hydrogens is 352 g/mol. The Balaban J connectivity index is 1.67. The van der Waals surface area contributed by atoms with Crippen LogP contribution in [0.4, 0.5) is 5.69 Å². The van der Waals surface area contributed by atoms with Crippen molar-refractivity contribution >= 4 is 32.2 Å². The molecule has 26 heavy (non-hydrogen) atoms. The number of benzene rings is 2. The molecule has 0 aliphatic heterocycles. The van der Waals surface area contributed by atoms with Gasteiger partial charge in [-0.1, -0.05) is 30.3 Å². The maximum atomic E-state index is 12.3. The zero-order chi connectivity index (χ0) is 18.7. The fraction of sp³-hybridized carbons (Fsp3) is 0.158. The highest BCUT2D eigenvalue weighted by molar-refractivity contribution is 7.90. The van der Waals surface area contributed by atoms with Crippen LogP contribution in [0.15, 0.2) is 65.8 Å². The average Bonchev–Trinajstić information content (AvgIpc) is 2.61. The van der Waals surface area contributed by atoms with Crippen molar-refractivity contribution < 1.29 is 17.9 Å². The number of carbonyl (C=O) groups is 1. The summed E-state index contributed by atoms with van der Waals surface area (Å²) in [6.07, 6.45) is 1.65. The van der Waals surface area contributed by atoms with Crippen LogP contribution in [0.1, 0.15) is 6.92 Å². The number of nitrogens with zero attached hydrogens (tertiary/aromatic N) is 1. The second-order valence-electron chi connectivity index (χ2n) is 5.92. The summed E-state index contributed by atoms with van der Waals surface area (Å²) in [5, 5.41) is 4.73. The predicted octanol–water partition coefficient (Wildman–Crippen LogP) is 3.04. The van der Waals surface area contributed by atoms with E-state index in [2.05, 4.69) is 10.3 Å². The third kappa shape index (κ3) is 4.18. The number of carbonyl (C=O) groups excluding carboxylic acids is 1. The van der Waals surface area contributed by atoms with Gasteiger partial charge in [-0.05, 0) is 42.0 Å². The Morgan fingerprint density at radius 3 is 2.46 bits per heavy atom. The quantitative estimate of drug-likeness (QED) is 0.746. The van der Waals surface area contributed by atoms with Crippen LogP contribution in [0.25, 0.3) is 10.8 Å². The summed E-state index contributed by atoms with van der Waals surface area (Å²) < 4.78 is 28.5. The van der Waals surface area contributed by atoms with Gasteiger partial charge >= 0.3 is 0 Å². The number of fused-ring (bicyclic) bond motifs is 1. The summed E-state index contributed by atoms with van der Waals surface area (Å²) >= 11 is 0. The zero-order valence-corrected chi connectivity index (χ0v) is 15.2. The number of pyridine rings is 1. The van der Waals surface area contributed by atoms with E-state index in [1.54, 1.807) is 6.92 Å². The molecule has 7 heteroatoms. The van der Waals surface area contributed by atoms with Crippen molar-refractivity contribution in [1.29, 1.82) is 0 Å². The molecular formula is C19H18N2O4S. The number of hydrogen-bond acceptors (Lipinski definition) is 5. The molecule has 3 rings (SSSR count). The summed E-state index contributed by atoms with van der Waals surface area (Å²) in [7, 11) is -3.37. The molecule has 1 aromatic heterocycles. The minimum Gasteiger partial charge on any atom is -0.481 e. The van der Waals surface area contributed by atoms with E-state index in [9.17, 15) is 13.2 Å². The standard InChI is InChI=1S/C19H18N2O4S/c1-13(25-17-9-7-14-5-3-4-6-15(14)11-17)19(22)21-16-8-10-18(20-12-16)26(2,23)24/h3-13H,1-2H3,(H,21,22)/t13-/m0/s1. The molecule has 1 heterocycles. The minimum atomic E-state index is -3.37. The summed E-state index contributed by atoms with van der Waals surface area (Å²) in [4.78, 5) is 16.1. The molecule has 1 atom stereocenters. The summed E-state index contributed by atoms with van der Waals surface area (Å²) in [5.41, 5.74) is 0.399. The van der Waals surface area contributed by atoms with E-state index in [1.165, 1.54) is 18.3 Å². The van der Waals surface area contributed by atoms with Gasteiger partial charge in [0.1, 0.15) is 5.75 Å². The van der Waals surface area contributed by atoms with Crippen molar-refractivity contribution in [2.75, 3.05) is 11.6 Å². The maximum Gasteiger partial charge on any atom is 0.265 e. The number of rotatable bonds is 5. The van der Waals surface area contributed by atoms with E-state index < -0.39 is 15.9 Å². The van der Waals surface area contributed by atoms with E-state index in [1.807, 2.05) is 42.5 Å². The number of hydrogen-bond donors (Lipinski definition) is 1. The lowest BCUT2D eigenvalue weighted by molar-refractivity contribution is -0.122. The van der Waals surface area contributed by atoms with E-state index >= 15 is 0 Å². The van der Waals surface area contributed by atoms with Crippen molar-refractivity contribution in [1.82, 2.24) is 4.98 Å². The normalized spacial score (nSPS) is 12.5. The molecule has 1 N–H and O–H groups in total. The van der Waals surface area contributed by atoms with E-state index in [0.29, 0.717) is 11.4 Å². The van der Waals surface area contributed by atoms with Gasteiger partial charge in [-0.2, -0.15) is 0 Å². The number of aromatic nitrogens is 1. The number of sulfone groups is 1. The van der Waals surface area contributed by atoms with Crippen LogP contribution in [0.5, 0.6) is 5.75 Å². The molecule has 0 saturated heterocycles. The molecule has 134 valence electrons. The van der Waals surface area contributed by atoms with E-state index in [0.717, 1.165) is 17.0 Å². The van der Waals surface area contributed by atoms with E-state index in [-0.39, 0.29) is 10.9 Å². The molecule has 1 amide bonds. The average molecular weight is 370 g/mol. The first kappa shape index (κ1) is 17.9. The van der Waals surface area contributed by atoms with Gasteiger partial charge in [0.05, 0.1) is 11.9 Å². The van der Waals surface area contributed by atoms with Crippen LogP contribution in [0.2, 0.25) is 0 Å². The van der Waals surface area contributed by atoms with Gasteiger partial charge in [0.15, 0.2) is 21.0 Å². The largest absolute Gasteiger partial charge is 0.481 e. The fourth-order valence-corrected chi connectivity index (χ4v) is 2.98. The number of amides is 1. The molecule has 0 bridgehead atoms.